The van der Waals surface area contributed by atoms with Gasteiger partial charge in [0.2, 0.25) is 0 Å². The van der Waals surface area contributed by atoms with Crippen LogP contribution in [-0.2, 0) is 6.42 Å². The lowest BCUT2D eigenvalue weighted by molar-refractivity contribution is 0.942. The van der Waals surface area contributed by atoms with Crippen LogP contribution in [0.2, 0.25) is 0 Å². The standard InChI is InChI=1S/C14H16N4S2/c1-3-5-15-13-10-4-6-19-14(10)18-11(17-13)7-12-16-9(2)8-20-12/h4,6,8H,3,5,7H2,1-2H3,(H,15,17,18). The van der Waals surface area contributed by atoms with Crippen molar-refractivity contribution >= 4 is 38.7 Å². The minimum atomic E-state index is 0.702. The highest BCUT2D eigenvalue weighted by Gasteiger charge is 2.10. The number of nitrogens with one attached hydrogen (secondary N) is 1. The summed E-state index contributed by atoms with van der Waals surface area (Å²) in [6, 6.07) is 2.08. The lowest BCUT2D eigenvalue weighted by Gasteiger charge is -2.07. The zero-order chi connectivity index (χ0) is 13.9. The highest BCUT2D eigenvalue weighted by Crippen LogP contribution is 2.26. The first kappa shape index (κ1) is 13.5. The van der Waals surface area contributed by atoms with E-state index in [1.54, 1.807) is 22.7 Å². The molecule has 0 saturated heterocycles. The Morgan fingerprint density at radius 1 is 1.20 bits per heavy atom. The van der Waals surface area contributed by atoms with Gasteiger partial charge in [-0.2, -0.15) is 0 Å². The van der Waals surface area contributed by atoms with E-state index in [-0.39, 0.29) is 0 Å². The van der Waals surface area contributed by atoms with Crippen molar-refractivity contribution in [2.75, 3.05) is 11.9 Å². The Bertz CT molecular complexity index is 717. The van der Waals surface area contributed by atoms with Gasteiger partial charge < -0.3 is 5.32 Å². The van der Waals surface area contributed by atoms with Crippen molar-refractivity contribution in [3.63, 3.8) is 0 Å². The molecule has 0 saturated carbocycles. The van der Waals surface area contributed by atoms with E-state index < -0.39 is 0 Å². The van der Waals surface area contributed by atoms with Crippen LogP contribution in [0.5, 0.6) is 0 Å². The number of thiazole rings is 1. The minimum Gasteiger partial charge on any atom is -0.369 e. The summed E-state index contributed by atoms with van der Waals surface area (Å²) in [5.41, 5.74) is 1.06. The molecule has 20 heavy (non-hydrogen) atoms. The summed E-state index contributed by atoms with van der Waals surface area (Å²) in [7, 11) is 0. The summed E-state index contributed by atoms with van der Waals surface area (Å²) < 4.78 is 0. The molecule has 6 heteroatoms. The molecule has 0 aliphatic rings. The van der Waals surface area contributed by atoms with Crippen molar-refractivity contribution in [1.29, 1.82) is 0 Å². The smallest absolute Gasteiger partial charge is 0.139 e. The number of thiophene rings is 1. The second-order valence-corrected chi connectivity index (χ2v) is 6.45. The number of aromatic nitrogens is 3. The summed E-state index contributed by atoms with van der Waals surface area (Å²) in [4.78, 5) is 14.8. The molecule has 0 aliphatic carbocycles. The zero-order valence-corrected chi connectivity index (χ0v) is 13.1. The maximum Gasteiger partial charge on any atom is 0.139 e. The van der Waals surface area contributed by atoms with Gasteiger partial charge in [-0.1, -0.05) is 6.92 Å². The number of aryl methyl sites for hydroxylation is 1. The fraction of sp³-hybridized carbons (Fsp3) is 0.357. The third kappa shape index (κ3) is 2.81. The SMILES string of the molecule is CCCNc1nc(Cc2nc(C)cs2)nc2sccc12. The molecule has 0 atom stereocenters. The van der Waals surface area contributed by atoms with E-state index in [2.05, 4.69) is 44.0 Å². The van der Waals surface area contributed by atoms with Gasteiger partial charge >= 0.3 is 0 Å². The molecule has 1 N–H and O–H groups in total. The third-order valence-corrected chi connectivity index (χ3v) is 4.66. The van der Waals surface area contributed by atoms with Gasteiger partial charge in [0.1, 0.15) is 21.5 Å². The normalized spacial score (nSPS) is 11.1. The monoisotopic (exact) mass is 304 g/mol. The van der Waals surface area contributed by atoms with Gasteiger partial charge in [0.15, 0.2) is 0 Å². The Morgan fingerprint density at radius 2 is 2.10 bits per heavy atom. The van der Waals surface area contributed by atoms with Crippen LogP contribution in [0.4, 0.5) is 5.82 Å². The van der Waals surface area contributed by atoms with E-state index in [4.69, 9.17) is 0 Å². The molecule has 3 aromatic rings. The second kappa shape index (κ2) is 5.85. The van der Waals surface area contributed by atoms with Crippen molar-refractivity contribution in [1.82, 2.24) is 15.0 Å². The van der Waals surface area contributed by atoms with Crippen molar-refractivity contribution in [2.45, 2.75) is 26.7 Å². The van der Waals surface area contributed by atoms with Crippen LogP contribution in [0.3, 0.4) is 0 Å². The maximum atomic E-state index is 4.67. The summed E-state index contributed by atoms with van der Waals surface area (Å²) in [5, 5.41) is 9.70. The molecule has 0 radical (unpaired) electrons. The number of rotatable bonds is 5. The predicted octanol–water partition coefficient (Wildman–Crippen LogP) is 3.87. The van der Waals surface area contributed by atoms with Crippen molar-refractivity contribution < 1.29 is 0 Å². The zero-order valence-electron chi connectivity index (χ0n) is 11.5. The minimum absolute atomic E-state index is 0.702. The van der Waals surface area contributed by atoms with E-state index >= 15 is 0 Å². The average molecular weight is 304 g/mol. The van der Waals surface area contributed by atoms with Crippen molar-refractivity contribution in [3.8, 4) is 0 Å². The van der Waals surface area contributed by atoms with Gasteiger partial charge in [-0.25, -0.2) is 15.0 Å². The molecule has 0 aromatic carbocycles. The van der Waals surface area contributed by atoms with E-state index in [9.17, 15) is 0 Å². The molecule has 0 aliphatic heterocycles. The molecule has 0 bridgehead atoms. The molecular formula is C14H16N4S2. The van der Waals surface area contributed by atoms with E-state index in [1.807, 2.05) is 6.92 Å². The van der Waals surface area contributed by atoms with Gasteiger partial charge in [-0.15, -0.1) is 22.7 Å². The Morgan fingerprint density at radius 3 is 2.85 bits per heavy atom. The maximum absolute atomic E-state index is 4.67. The fourth-order valence-corrected chi connectivity index (χ4v) is 3.53. The first-order chi connectivity index (χ1) is 9.76. The molecule has 0 amide bonds. The van der Waals surface area contributed by atoms with Gasteiger partial charge in [0.05, 0.1) is 11.8 Å². The van der Waals surface area contributed by atoms with Crippen LogP contribution in [0.15, 0.2) is 16.8 Å². The Kier molecular flexibility index (Phi) is 3.93. The molecule has 3 aromatic heterocycles. The fourth-order valence-electron chi connectivity index (χ4n) is 1.98. The largest absolute Gasteiger partial charge is 0.369 e. The average Bonchev–Trinajstić information content (AvgIpc) is 3.05. The van der Waals surface area contributed by atoms with Crippen molar-refractivity contribution in [2.24, 2.45) is 0 Å². The molecular weight excluding hydrogens is 288 g/mol. The molecule has 4 nitrogen and oxygen atoms in total. The van der Waals surface area contributed by atoms with E-state index in [1.165, 1.54) is 0 Å². The van der Waals surface area contributed by atoms with Crippen LogP contribution in [0.1, 0.15) is 29.9 Å². The third-order valence-electron chi connectivity index (χ3n) is 2.89. The molecule has 0 unspecified atom stereocenters. The van der Waals surface area contributed by atoms with Crippen LogP contribution in [0, 0.1) is 6.92 Å². The van der Waals surface area contributed by atoms with E-state index in [0.29, 0.717) is 6.42 Å². The van der Waals surface area contributed by atoms with Crippen LogP contribution < -0.4 is 5.32 Å². The van der Waals surface area contributed by atoms with Crippen LogP contribution in [-0.4, -0.2) is 21.5 Å². The molecule has 104 valence electrons. The summed E-state index contributed by atoms with van der Waals surface area (Å²) in [6.45, 7) is 5.09. The molecule has 0 fully saturated rings. The summed E-state index contributed by atoms with van der Waals surface area (Å²) >= 11 is 3.32. The Labute approximate surface area is 125 Å². The van der Waals surface area contributed by atoms with E-state index in [0.717, 1.165) is 45.5 Å². The van der Waals surface area contributed by atoms with Gasteiger partial charge in [-0.05, 0) is 24.8 Å². The van der Waals surface area contributed by atoms with Gasteiger partial charge in [-0.3, -0.25) is 0 Å². The van der Waals surface area contributed by atoms with Crippen LogP contribution >= 0.6 is 22.7 Å². The first-order valence-electron chi connectivity index (χ1n) is 6.65. The topological polar surface area (TPSA) is 50.7 Å². The highest BCUT2D eigenvalue weighted by atomic mass is 32.1. The highest BCUT2D eigenvalue weighted by molar-refractivity contribution is 7.16. The molecule has 0 spiro atoms. The van der Waals surface area contributed by atoms with Gasteiger partial charge in [0, 0.05) is 17.6 Å². The molecule has 3 rings (SSSR count). The predicted molar refractivity (Wildman–Crippen MR) is 85.9 cm³/mol. The quantitative estimate of drug-likeness (QED) is 0.777. The Hall–Kier alpha value is -1.53. The number of fused-ring (bicyclic) bond motifs is 1. The van der Waals surface area contributed by atoms with Gasteiger partial charge in [0.25, 0.3) is 0 Å². The Balaban J connectivity index is 1.94. The lowest BCUT2D eigenvalue weighted by Crippen LogP contribution is -2.05. The number of hydrogen-bond donors (Lipinski definition) is 1. The lowest BCUT2D eigenvalue weighted by atomic mass is 10.3. The summed E-state index contributed by atoms with van der Waals surface area (Å²) in [6.07, 6.45) is 1.78. The summed E-state index contributed by atoms with van der Waals surface area (Å²) in [5.74, 6) is 1.79. The second-order valence-electron chi connectivity index (χ2n) is 4.61. The molecule has 3 heterocycles. The number of hydrogen-bond acceptors (Lipinski definition) is 6. The van der Waals surface area contributed by atoms with Crippen LogP contribution in [0.25, 0.3) is 10.2 Å². The number of nitrogens with zero attached hydrogens (tertiary/aromatic N) is 3. The number of anilines is 1. The first-order valence-corrected chi connectivity index (χ1v) is 8.41. The van der Waals surface area contributed by atoms with Crippen molar-refractivity contribution in [3.05, 3.63) is 33.4 Å².